The Morgan fingerprint density at radius 3 is 2.55 bits per heavy atom. The number of anilines is 1. The van der Waals surface area contributed by atoms with Crippen molar-refractivity contribution in [2.75, 3.05) is 11.9 Å². The molecule has 1 aromatic carbocycles. The first-order chi connectivity index (χ1) is 9.56. The number of esters is 1. The number of carbonyl (C=O) groups is 2. The Hall–Kier alpha value is -2.08. The van der Waals surface area contributed by atoms with Crippen molar-refractivity contribution in [3.8, 4) is 0 Å². The zero-order valence-electron chi connectivity index (χ0n) is 10.7. The maximum absolute atomic E-state index is 11.7. The lowest BCUT2D eigenvalue weighted by Gasteiger charge is -2.06. The second-order valence-corrected chi connectivity index (χ2v) is 4.94. The molecule has 0 unspecified atom stereocenters. The van der Waals surface area contributed by atoms with Crippen molar-refractivity contribution in [3.63, 3.8) is 0 Å². The SMILES string of the molecule is Cc1occc1C(=O)OCC(=O)Nc1ccc(Br)cc1. The molecule has 0 bridgehead atoms. The first-order valence-electron chi connectivity index (χ1n) is 5.83. The Kier molecular flexibility index (Phi) is 4.57. The van der Waals surface area contributed by atoms with E-state index in [0.29, 0.717) is 17.0 Å². The van der Waals surface area contributed by atoms with Gasteiger partial charge in [-0.1, -0.05) is 15.9 Å². The van der Waals surface area contributed by atoms with Gasteiger partial charge in [-0.3, -0.25) is 4.79 Å². The first-order valence-corrected chi connectivity index (χ1v) is 6.62. The molecule has 1 aromatic heterocycles. The second-order valence-electron chi connectivity index (χ2n) is 4.02. The molecule has 0 spiro atoms. The van der Waals surface area contributed by atoms with Crippen LogP contribution in [0, 0.1) is 6.92 Å². The number of halogens is 1. The van der Waals surface area contributed by atoms with E-state index in [-0.39, 0.29) is 6.61 Å². The van der Waals surface area contributed by atoms with Crippen molar-refractivity contribution < 1.29 is 18.7 Å². The third-order valence-corrected chi connectivity index (χ3v) is 3.07. The summed E-state index contributed by atoms with van der Waals surface area (Å²) in [5.74, 6) is -0.521. The van der Waals surface area contributed by atoms with Gasteiger partial charge in [-0.15, -0.1) is 0 Å². The molecule has 6 heteroatoms. The van der Waals surface area contributed by atoms with Gasteiger partial charge in [-0.25, -0.2) is 4.79 Å². The third-order valence-electron chi connectivity index (χ3n) is 2.54. The summed E-state index contributed by atoms with van der Waals surface area (Å²) in [6.45, 7) is 1.30. The number of carbonyl (C=O) groups excluding carboxylic acids is 2. The molecule has 0 aliphatic rings. The van der Waals surface area contributed by atoms with Crippen molar-refractivity contribution in [1.82, 2.24) is 0 Å². The lowest BCUT2D eigenvalue weighted by molar-refractivity contribution is -0.119. The number of rotatable bonds is 4. The van der Waals surface area contributed by atoms with Crippen LogP contribution in [0.25, 0.3) is 0 Å². The lowest BCUT2D eigenvalue weighted by Crippen LogP contribution is -2.20. The summed E-state index contributed by atoms with van der Waals surface area (Å²) in [6, 6.07) is 8.59. The molecule has 1 amide bonds. The zero-order valence-corrected chi connectivity index (χ0v) is 12.3. The number of benzene rings is 1. The maximum Gasteiger partial charge on any atom is 0.342 e. The molecule has 1 N–H and O–H groups in total. The molecular weight excluding hydrogens is 326 g/mol. The van der Waals surface area contributed by atoms with Gasteiger partial charge < -0.3 is 14.5 Å². The predicted octanol–water partition coefficient (Wildman–Crippen LogP) is 3.15. The van der Waals surface area contributed by atoms with Crippen LogP contribution in [0.1, 0.15) is 16.1 Å². The van der Waals surface area contributed by atoms with Gasteiger partial charge in [0.05, 0.1) is 6.26 Å². The smallest absolute Gasteiger partial charge is 0.342 e. The number of amides is 1. The molecule has 2 aromatic rings. The molecule has 0 aliphatic heterocycles. The Labute approximate surface area is 124 Å². The first kappa shape index (κ1) is 14.3. The van der Waals surface area contributed by atoms with E-state index in [1.54, 1.807) is 31.2 Å². The van der Waals surface area contributed by atoms with Gasteiger partial charge in [0.1, 0.15) is 11.3 Å². The summed E-state index contributed by atoms with van der Waals surface area (Å²) >= 11 is 3.30. The van der Waals surface area contributed by atoms with Crippen molar-refractivity contribution in [3.05, 3.63) is 52.4 Å². The quantitative estimate of drug-likeness (QED) is 0.870. The third kappa shape index (κ3) is 3.71. The molecular formula is C14H12BrNO4. The van der Waals surface area contributed by atoms with Crippen LogP contribution in [0.3, 0.4) is 0 Å². The van der Waals surface area contributed by atoms with Crippen molar-refractivity contribution >= 4 is 33.5 Å². The van der Waals surface area contributed by atoms with Crippen molar-refractivity contribution in [2.45, 2.75) is 6.92 Å². The lowest BCUT2D eigenvalue weighted by atomic mass is 10.3. The normalized spacial score (nSPS) is 10.1. The van der Waals surface area contributed by atoms with Gasteiger partial charge >= 0.3 is 5.97 Å². The van der Waals surface area contributed by atoms with Crippen molar-refractivity contribution in [2.24, 2.45) is 0 Å². The summed E-state index contributed by atoms with van der Waals surface area (Å²) in [5.41, 5.74) is 0.954. The van der Waals surface area contributed by atoms with E-state index < -0.39 is 11.9 Å². The fourth-order valence-corrected chi connectivity index (χ4v) is 1.80. The number of aryl methyl sites for hydroxylation is 1. The predicted molar refractivity (Wildman–Crippen MR) is 76.5 cm³/mol. The molecule has 0 fully saturated rings. The number of hydrogen-bond donors (Lipinski definition) is 1. The number of nitrogens with one attached hydrogen (secondary N) is 1. The van der Waals surface area contributed by atoms with Gasteiger partial charge in [0, 0.05) is 10.2 Å². The molecule has 0 saturated heterocycles. The Morgan fingerprint density at radius 1 is 1.25 bits per heavy atom. The van der Waals surface area contributed by atoms with Gasteiger partial charge in [0.25, 0.3) is 5.91 Å². The van der Waals surface area contributed by atoms with Crippen LogP contribution in [0.4, 0.5) is 5.69 Å². The van der Waals surface area contributed by atoms with E-state index in [2.05, 4.69) is 21.2 Å². The fraction of sp³-hybridized carbons (Fsp3) is 0.143. The Balaban J connectivity index is 1.85. The van der Waals surface area contributed by atoms with E-state index >= 15 is 0 Å². The summed E-state index contributed by atoms with van der Waals surface area (Å²) in [4.78, 5) is 23.3. The van der Waals surface area contributed by atoms with E-state index in [1.165, 1.54) is 12.3 Å². The van der Waals surface area contributed by atoms with E-state index in [1.807, 2.05) is 0 Å². The molecule has 0 radical (unpaired) electrons. The van der Waals surface area contributed by atoms with E-state index in [4.69, 9.17) is 9.15 Å². The van der Waals surface area contributed by atoms with E-state index in [0.717, 1.165) is 4.47 Å². The average molecular weight is 338 g/mol. The Bertz CT molecular complexity index is 618. The minimum atomic E-state index is -0.581. The van der Waals surface area contributed by atoms with Crippen molar-refractivity contribution in [1.29, 1.82) is 0 Å². The minimum absolute atomic E-state index is 0.321. The zero-order chi connectivity index (χ0) is 14.5. The van der Waals surface area contributed by atoms with Gasteiger partial charge in [0.15, 0.2) is 6.61 Å². The van der Waals surface area contributed by atoms with Crippen LogP contribution in [0.5, 0.6) is 0 Å². The summed E-state index contributed by atoms with van der Waals surface area (Å²) in [5, 5.41) is 2.62. The number of ether oxygens (including phenoxy) is 1. The molecule has 5 nitrogen and oxygen atoms in total. The van der Waals surface area contributed by atoms with Crippen LogP contribution >= 0.6 is 15.9 Å². The highest BCUT2D eigenvalue weighted by molar-refractivity contribution is 9.10. The molecule has 1 heterocycles. The van der Waals surface area contributed by atoms with Gasteiger partial charge in [-0.2, -0.15) is 0 Å². The molecule has 0 saturated carbocycles. The molecule has 104 valence electrons. The summed E-state index contributed by atoms with van der Waals surface area (Å²) < 4.78 is 10.8. The number of hydrogen-bond acceptors (Lipinski definition) is 4. The topological polar surface area (TPSA) is 68.5 Å². The highest BCUT2D eigenvalue weighted by Crippen LogP contribution is 2.14. The minimum Gasteiger partial charge on any atom is -0.469 e. The highest BCUT2D eigenvalue weighted by Gasteiger charge is 2.14. The molecule has 2 rings (SSSR count). The fourth-order valence-electron chi connectivity index (χ4n) is 1.54. The van der Waals surface area contributed by atoms with Crippen LogP contribution in [0.2, 0.25) is 0 Å². The number of furan rings is 1. The van der Waals surface area contributed by atoms with Crippen LogP contribution < -0.4 is 5.32 Å². The van der Waals surface area contributed by atoms with Gasteiger partial charge in [-0.05, 0) is 37.3 Å². The second kappa shape index (κ2) is 6.38. The Morgan fingerprint density at radius 2 is 1.95 bits per heavy atom. The largest absolute Gasteiger partial charge is 0.469 e. The molecule has 20 heavy (non-hydrogen) atoms. The van der Waals surface area contributed by atoms with Crippen LogP contribution in [0.15, 0.2) is 45.5 Å². The monoisotopic (exact) mass is 337 g/mol. The summed E-state index contributed by atoms with van der Waals surface area (Å²) in [6.07, 6.45) is 1.40. The summed E-state index contributed by atoms with van der Waals surface area (Å²) in [7, 11) is 0. The average Bonchev–Trinajstić information content (AvgIpc) is 2.85. The van der Waals surface area contributed by atoms with E-state index in [9.17, 15) is 9.59 Å². The molecule has 0 atom stereocenters. The highest BCUT2D eigenvalue weighted by atomic mass is 79.9. The maximum atomic E-state index is 11.7. The standard InChI is InChI=1S/C14H12BrNO4/c1-9-12(6-7-19-9)14(18)20-8-13(17)16-11-4-2-10(15)3-5-11/h2-7H,8H2,1H3,(H,16,17). The van der Waals surface area contributed by atoms with Gasteiger partial charge in [0.2, 0.25) is 0 Å². The van der Waals surface area contributed by atoms with Crippen LogP contribution in [-0.2, 0) is 9.53 Å². The molecule has 0 aliphatic carbocycles. The van der Waals surface area contributed by atoms with Crippen LogP contribution in [-0.4, -0.2) is 18.5 Å².